The highest BCUT2D eigenvalue weighted by Gasteiger charge is 2.43. The number of hydrogen-bond donors (Lipinski definition) is 1. The molecule has 236 valence electrons. The van der Waals surface area contributed by atoms with Gasteiger partial charge in [0.25, 0.3) is 11.8 Å². The summed E-state index contributed by atoms with van der Waals surface area (Å²) in [6.07, 6.45) is -3.51. The van der Waals surface area contributed by atoms with Crippen LogP contribution in [0.4, 0.5) is 33.6 Å². The van der Waals surface area contributed by atoms with Crippen molar-refractivity contribution in [3.8, 4) is 22.5 Å². The zero-order valence-corrected chi connectivity index (χ0v) is 25.0. The highest BCUT2D eigenvalue weighted by molar-refractivity contribution is 6.10. The molecule has 6 rings (SSSR count). The summed E-state index contributed by atoms with van der Waals surface area (Å²) in [5.41, 5.74) is 1.39. The van der Waals surface area contributed by atoms with Crippen LogP contribution in [0.5, 0.6) is 0 Å². The van der Waals surface area contributed by atoms with E-state index in [9.17, 15) is 26.7 Å². The Bertz CT molecular complexity index is 1750. The van der Waals surface area contributed by atoms with Gasteiger partial charge in [-0.15, -0.1) is 10.2 Å². The van der Waals surface area contributed by atoms with Gasteiger partial charge in [0, 0.05) is 56.7 Å². The first-order valence-electron chi connectivity index (χ1n) is 14.7. The number of benzene rings is 2. The second kappa shape index (κ2) is 11.5. The van der Waals surface area contributed by atoms with E-state index >= 15 is 0 Å². The number of pyridine rings is 1. The second-order valence-electron chi connectivity index (χ2n) is 11.6. The van der Waals surface area contributed by atoms with Gasteiger partial charge in [-0.05, 0) is 53.4 Å². The molecule has 1 amide bonds. The summed E-state index contributed by atoms with van der Waals surface area (Å²) in [5.74, 6) is -3.09. The molecule has 4 aromatic rings. The topological polar surface area (TPSA) is 79.2 Å². The molecule has 2 aliphatic heterocycles. The Morgan fingerprint density at radius 2 is 1.82 bits per heavy atom. The van der Waals surface area contributed by atoms with Crippen LogP contribution in [-0.2, 0) is 26.3 Å². The van der Waals surface area contributed by atoms with E-state index in [1.807, 2.05) is 44.3 Å². The lowest BCUT2D eigenvalue weighted by molar-refractivity contribution is -0.138. The number of hydrogen-bond acceptors (Lipinski definition) is 6. The van der Waals surface area contributed by atoms with Crippen LogP contribution >= 0.6 is 0 Å². The summed E-state index contributed by atoms with van der Waals surface area (Å²) >= 11 is 0. The molecule has 13 heteroatoms. The van der Waals surface area contributed by atoms with Crippen LogP contribution in [0.25, 0.3) is 22.5 Å². The van der Waals surface area contributed by atoms with Crippen molar-refractivity contribution in [2.45, 2.75) is 45.5 Å². The molecule has 2 aromatic carbocycles. The van der Waals surface area contributed by atoms with Gasteiger partial charge in [0.15, 0.2) is 5.82 Å². The lowest BCUT2D eigenvalue weighted by atomic mass is 9.94. The summed E-state index contributed by atoms with van der Waals surface area (Å²) in [6, 6.07) is 13.5. The van der Waals surface area contributed by atoms with Gasteiger partial charge in [0.05, 0.1) is 12.1 Å². The number of aryl methyl sites for hydroxylation is 1. The summed E-state index contributed by atoms with van der Waals surface area (Å²) in [7, 11) is 1.82. The van der Waals surface area contributed by atoms with Gasteiger partial charge in [-0.3, -0.25) is 14.6 Å². The predicted octanol–water partition coefficient (Wildman–Crippen LogP) is 6.63. The van der Waals surface area contributed by atoms with E-state index in [1.165, 1.54) is 17.9 Å². The Kier molecular flexibility index (Phi) is 7.84. The zero-order chi connectivity index (χ0) is 32.1. The molecule has 2 aromatic heterocycles. The van der Waals surface area contributed by atoms with Gasteiger partial charge in [-0.25, -0.2) is 13.8 Å². The second-order valence-corrected chi connectivity index (χ2v) is 11.6. The van der Waals surface area contributed by atoms with Crippen LogP contribution in [-0.4, -0.2) is 56.1 Å². The molecule has 0 aliphatic carbocycles. The summed E-state index contributed by atoms with van der Waals surface area (Å²) in [5, 5.41) is 11.4. The SMILES string of the molecule is CCNc1cc(-c2ccccc2-c2nncn2C)cc(N2Cc3c(cc(CN4CCC(F)(F)[C@H](C)C4)cc3C(F)(F)F)C2=O)n1. The molecular weight excluding hydrogens is 593 g/mol. The third kappa shape index (κ3) is 5.88. The van der Waals surface area contributed by atoms with Crippen LogP contribution in [0.15, 0.2) is 54.9 Å². The highest BCUT2D eigenvalue weighted by Crippen LogP contribution is 2.41. The number of carbonyl (C=O) groups is 1. The normalized spacial score (nSPS) is 18.4. The van der Waals surface area contributed by atoms with Gasteiger partial charge < -0.3 is 9.88 Å². The van der Waals surface area contributed by atoms with Crippen LogP contribution < -0.4 is 10.2 Å². The van der Waals surface area contributed by atoms with Gasteiger partial charge in [0.2, 0.25) is 0 Å². The van der Waals surface area contributed by atoms with Crippen molar-refractivity contribution >= 4 is 17.5 Å². The number of likely N-dealkylation sites (tertiary alicyclic amines) is 1. The molecule has 0 bridgehead atoms. The van der Waals surface area contributed by atoms with Gasteiger partial charge >= 0.3 is 6.18 Å². The fourth-order valence-corrected chi connectivity index (χ4v) is 6.10. The Labute approximate surface area is 256 Å². The minimum absolute atomic E-state index is 0.0290. The van der Waals surface area contributed by atoms with Crippen LogP contribution in [0.2, 0.25) is 0 Å². The molecule has 1 fully saturated rings. The Morgan fingerprint density at radius 1 is 1.07 bits per heavy atom. The minimum atomic E-state index is -4.72. The molecule has 1 N–H and O–H groups in total. The quantitative estimate of drug-likeness (QED) is 0.232. The van der Waals surface area contributed by atoms with Crippen molar-refractivity contribution in [2.24, 2.45) is 13.0 Å². The van der Waals surface area contributed by atoms with Crippen molar-refractivity contribution in [1.29, 1.82) is 0 Å². The maximum atomic E-state index is 14.4. The third-order valence-corrected chi connectivity index (χ3v) is 8.46. The molecule has 1 atom stereocenters. The number of fused-ring (bicyclic) bond motifs is 1. The van der Waals surface area contributed by atoms with E-state index in [-0.39, 0.29) is 55.1 Å². The van der Waals surface area contributed by atoms with Crippen molar-refractivity contribution in [2.75, 3.05) is 29.9 Å². The van der Waals surface area contributed by atoms with Crippen LogP contribution in [0.3, 0.4) is 0 Å². The summed E-state index contributed by atoms with van der Waals surface area (Å²) < 4.78 is 73.1. The number of nitrogens with zero attached hydrogens (tertiary/aromatic N) is 6. The Morgan fingerprint density at radius 3 is 2.49 bits per heavy atom. The predicted molar refractivity (Wildman–Crippen MR) is 160 cm³/mol. The van der Waals surface area contributed by atoms with Gasteiger partial charge in [0.1, 0.15) is 18.0 Å². The van der Waals surface area contributed by atoms with Crippen molar-refractivity contribution in [3.63, 3.8) is 0 Å². The highest BCUT2D eigenvalue weighted by atomic mass is 19.4. The monoisotopic (exact) mass is 625 g/mol. The van der Waals surface area contributed by atoms with E-state index in [4.69, 9.17) is 0 Å². The molecular formula is C32H32F5N7O. The maximum absolute atomic E-state index is 14.4. The molecule has 0 spiro atoms. The van der Waals surface area contributed by atoms with E-state index in [0.717, 1.165) is 17.2 Å². The number of piperidine rings is 1. The zero-order valence-electron chi connectivity index (χ0n) is 25.0. The number of alkyl halides is 5. The molecule has 0 saturated carbocycles. The average molecular weight is 626 g/mol. The third-order valence-electron chi connectivity index (χ3n) is 8.46. The number of amides is 1. The number of rotatable bonds is 7. The number of halogens is 5. The van der Waals surface area contributed by atoms with E-state index < -0.39 is 29.5 Å². The van der Waals surface area contributed by atoms with E-state index in [2.05, 4.69) is 20.5 Å². The molecule has 45 heavy (non-hydrogen) atoms. The molecule has 0 unspecified atom stereocenters. The summed E-state index contributed by atoms with van der Waals surface area (Å²) in [4.78, 5) is 21.4. The lowest BCUT2D eigenvalue weighted by Crippen LogP contribution is -2.45. The first-order chi connectivity index (χ1) is 21.4. The van der Waals surface area contributed by atoms with Crippen molar-refractivity contribution in [1.82, 2.24) is 24.6 Å². The fraction of sp³-hybridized carbons (Fsp3) is 0.375. The molecule has 2 aliphatic rings. The fourth-order valence-electron chi connectivity index (χ4n) is 6.10. The Balaban J connectivity index is 1.38. The molecule has 1 saturated heterocycles. The van der Waals surface area contributed by atoms with Crippen LogP contribution in [0.1, 0.15) is 47.3 Å². The van der Waals surface area contributed by atoms with Gasteiger partial charge in [-0.1, -0.05) is 31.2 Å². The lowest BCUT2D eigenvalue weighted by Gasteiger charge is -2.36. The van der Waals surface area contributed by atoms with E-state index in [1.54, 1.807) is 21.9 Å². The van der Waals surface area contributed by atoms with Gasteiger partial charge in [-0.2, -0.15) is 13.2 Å². The first kappa shape index (κ1) is 30.6. The maximum Gasteiger partial charge on any atom is 0.416 e. The molecule has 8 nitrogen and oxygen atoms in total. The molecule has 4 heterocycles. The average Bonchev–Trinajstić information content (AvgIpc) is 3.57. The Hall–Kier alpha value is -4.39. The number of nitrogens with one attached hydrogen (secondary N) is 1. The number of carbonyl (C=O) groups excluding carboxylic acids is 1. The minimum Gasteiger partial charge on any atom is -0.370 e. The largest absolute Gasteiger partial charge is 0.416 e. The summed E-state index contributed by atoms with van der Waals surface area (Å²) in [6.45, 7) is 3.66. The van der Waals surface area contributed by atoms with Crippen molar-refractivity contribution < 1.29 is 26.7 Å². The van der Waals surface area contributed by atoms with Crippen LogP contribution in [0, 0.1) is 5.92 Å². The standard InChI is InChI=1S/C32H32F5N7O/c1-4-38-27-13-21(22-7-5-6-8-23(22)29-41-39-18-42(29)3)14-28(40-27)44-17-25-24(30(44)45)11-20(12-26(25)32(35,36)37)16-43-10-9-31(33,34)19(2)15-43/h5-8,11-14,18-19H,4,9-10,15-17H2,1-3H3,(H,38,40)/t19-/m1/s1. The number of aromatic nitrogens is 4. The van der Waals surface area contributed by atoms with Crippen molar-refractivity contribution in [3.05, 3.63) is 77.1 Å². The smallest absolute Gasteiger partial charge is 0.370 e. The first-order valence-corrected chi connectivity index (χ1v) is 14.7. The van der Waals surface area contributed by atoms with E-state index in [0.29, 0.717) is 23.8 Å². The number of anilines is 2. The molecule has 0 radical (unpaired) electrons.